The fourth-order valence-corrected chi connectivity index (χ4v) is 1.83. The maximum absolute atomic E-state index is 11.9. The summed E-state index contributed by atoms with van der Waals surface area (Å²) >= 11 is 0. The van der Waals surface area contributed by atoms with Crippen LogP contribution in [0.1, 0.15) is 65.2 Å². The highest BCUT2D eigenvalue weighted by molar-refractivity contribution is 5.86. The molecule has 0 N–H and O–H groups in total. The second kappa shape index (κ2) is 8.78. The fraction of sp³-hybridized carbons (Fsp3) is 0.846. The molecule has 0 aliphatic carbocycles. The van der Waals surface area contributed by atoms with Crippen molar-refractivity contribution in [3.05, 3.63) is 10.1 Å². The van der Waals surface area contributed by atoms with E-state index in [0.29, 0.717) is 12.7 Å². The number of nitro groups is 1. The van der Waals surface area contributed by atoms with Gasteiger partial charge in [-0.2, -0.15) is 0 Å². The highest BCUT2D eigenvalue weighted by atomic mass is 16.6. The number of hydrogen-bond acceptors (Lipinski definition) is 4. The van der Waals surface area contributed by atoms with Gasteiger partial charge >= 0.3 is 0 Å². The molecule has 0 aliphatic rings. The average Bonchev–Trinajstić information content (AvgIpc) is 2.35. The first-order chi connectivity index (χ1) is 8.49. The summed E-state index contributed by atoms with van der Waals surface area (Å²) in [6.45, 7) is 3.43. The van der Waals surface area contributed by atoms with Gasteiger partial charge in [0.05, 0.1) is 0 Å². The highest BCUT2D eigenvalue weighted by Crippen LogP contribution is 2.21. The first kappa shape index (κ1) is 16.7. The van der Waals surface area contributed by atoms with E-state index in [4.69, 9.17) is 0 Å². The summed E-state index contributed by atoms with van der Waals surface area (Å²) in [5.41, 5.74) is -1.59. The lowest BCUT2D eigenvalue weighted by Gasteiger charge is -2.18. The van der Waals surface area contributed by atoms with E-state index in [0.717, 1.165) is 25.7 Å². The minimum atomic E-state index is -1.59. The van der Waals surface area contributed by atoms with Crippen molar-refractivity contribution in [3.8, 4) is 0 Å². The fourth-order valence-electron chi connectivity index (χ4n) is 1.83. The topological polar surface area (TPSA) is 77.3 Å². The molecule has 0 bridgehead atoms. The van der Waals surface area contributed by atoms with Gasteiger partial charge in [0.15, 0.2) is 0 Å². The first-order valence-electron chi connectivity index (χ1n) is 6.60. The smallest absolute Gasteiger partial charge is 0.276 e. The lowest BCUT2D eigenvalue weighted by Crippen LogP contribution is -2.43. The van der Waals surface area contributed by atoms with Crippen molar-refractivity contribution >= 4 is 12.1 Å². The molecule has 0 amide bonds. The van der Waals surface area contributed by atoms with Gasteiger partial charge in [0, 0.05) is 31.1 Å². The molecule has 104 valence electrons. The van der Waals surface area contributed by atoms with Crippen LogP contribution in [0.3, 0.4) is 0 Å². The molecule has 1 atom stereocenters. The van der Waals surface area contributed by atoms with Gasteiger partial charge in [-0.15, -0.1) is 0 Å². The van der Waals surface area contributed by atoms with Gasteiger partial charge in [-0.1, -0.05) is 32.6 Å². The van der Waals surface area contributed by atoms with Crippen molar-refractivity contribution in [1.82, 2.24) is 0 Å². The Labute approximate surface area is 108 Å². The van der Waals surface area contributed by atoms with Crippen LogP contribution in [-0.4, -0.2) is 22.5 Å². The van der Waals surface area contributed by atoms with Crippen molar-refractivity contribution in [3.63, 3.8) is 0 Å². The van der Waals surface area contributed by atoms with E-state index in [1.807, 2.05) is 0 Å². The minimum Gasteiger partial charge on any atom is -0.303 e. The van der Waals surface area contributed by atoms with Crippen LogP contribution in [0.15, 0.2) is 0 Å². The maximum atomic E-state index is 11.9. The maximum Gasteiger partial charge on any atom is 0.276 e. The summed E-state index contributed by atoms with van der Waals surface area (Å²) in [4.78, 5) is 32.6. The lowest BCUT2D eigenvalue weighted by atomic mass is 9.88. The molecule has 0 spiro atoms. The monoisotopic (exact) mass is 257 g/mol. The Bertz CT molecular complexity index is 291. The number of Topliss-reactive ketones (excluding diaryl/α,β-unsaturated/α-hetero) is 1. The van der Waals surface area contributed by atoms with Gasteiger partial charge in [-0.3, -0.25) is 14.9 Å². The number of aldehydes is 1. The molecule has 1 unspecified atom stereocenters. The van der Waals surface area contributed by atoms with E-state index in [2.05, 4.69) is 6.92 Å². The molecule has 0 rings (SSSR count). The molecule has 0 heterocycles. The zero-order chi connectivity index (χ0) is 14.0. The van der Waals surface area contributed by atoms with Crippen molar-refractivity contribution in [2.45, 2.75) is 70.8 Å². The SMILES string of the molecule is CCCCCCCC(=O)C(C)(CCC=O)[N+](=O)[O-]. The number of rotatable bonds is 11. The predicted molar refractivity (Wildman–Crippen MR) is 69.1 cm³/mol. The molecule has 0 aromatic carbocycles. The zero-order valence-corrected chi connectivity index (χ0v) is 11.3. The molecule has 0 fully saturated rings. The van der Waals surface area contributed by atoms with Gasteiger partial charge in [-0.25, -0.2) is 0 Å². The van der Waals surface area contributed by atoms with Gasteiger partial charge in [0.1, 0.15) is 6.29 Å². The normalized spacial score (nSPS) is 13.9. The van der Waals surface area contributed by atoms with Gasteiger partial charge < -0.3 is 4.79 Å². The van der Waals surface area contributed by atoms with Crippen LogP contribution in [0.2, 0.25) is 0 Å². The van der Waals surface area contributed by atoms with E-state index >= 15 is 0 Å². The second-order valence-corrected chi connectivity index (χ2v) is 4.82. The largest absolute Gasteiger partial charge is 0.303 e. The highest BCUT2D eigenvalue weighted by Gasteiger charge is 2.43. The minimum absolute atomic E-state index is 0.00269. The molecule has 5 heteroatoms. The van der Waals surface area contributed by atoms with Gasteiger partial charge in [-0.05, 0) is 6.42 Å². The molecule has 0 aromatic heterocycles. The molecule has 0 aliphatic heterocycles. The lowest BCUT2D eigenvalue weighted by molar-refractivity contribution is -0.548. The predicted octanol–water partition coefficient (Wildman–Crippen LogP) is 2.93. The van der Waals surface area contributed by atoms with Crippen LogP contribution in [0, 0.1) is 10.1 Å². The third kappa shape index (κ3) is 5.38. The Morgan fingerprint density at radius 2 is 1.89 bits per heavy atom. The number of nitrogens with zero attached hydrogens (tertiary/aromatic N) is 1. The van der Waals surface area contributed by atoms with E-state index in [9.17, 15) is 19.7 Å². The average molecular weight is 257 g/mol. The Kier molecular flexibility index (Phi) is 8.16. The van der Waals surface area contributed by atoms with Crippen LogP contribution in [0.5, 0.6) is 0 Å². The number of unbranched alkanes of at least 4 members (excludes halogenated alkanes) is 4. The van der Waals surface area contributed by atoms with Gasteiger partial charge in [0.2, 0.25) is 5.78 Å². The summed E-state index contributed by atoms with van der Waals surface area (Å²) in [7, 11) is 0. The van der Waals surface area contributed by atoms with Crippen molar-refractivity contribution in [2.75, 3.05) is 0 Å². The summed E-state index contributed by atoms with van der Waals surface area (Å²) < 4.78 is 0. The molecule has 18 heavy (non-hydrogen) atoms. The summed E-state index contributed by atoms with van der Waals surface area (Å²) in [6, 6.07) is 0. The Morgan fingerprint density at radius 3 is 2.39 bits per heavy atom. The van der Waals surface area contributed by atoms with E-state index in [-0.39, 0.29) is 25.0 Å². The van der Waals surface area contributed by atoms with Crippen LogP contribution in [-0.2, 0) is 9.59 Å². The molecular formula is C13H23NO4. The first-order valence-corrected chi connectivity index (χ1v) is 6.60. The summed E-state index contributed by atoms with van der Waals surface area (Å²) in [5, 5.41) is 11.0. The molecule has 0 aromatic rings. The quantitative estimate of drug-likeness (QED) is 0.247. The molecule has 0 saturated carbocycles. The summed E-state index contributed by atoms with van der Waals surface area (Å²) in [6.07, 6.45) is 5.86. The Hall–Kier alpha value is -1.26. The standard InChI is InChI=1S/C13H23NO4/c1-3-4-5-6-7-9-12(16)13(2,14(17)18)10-8-11-15/h11H,3-10H2,1-2H3. The van der Waals surface area contributed by atoms with E-state index in [1.54, 1.807) is 0 Å². The second-order valence-electron chi connectivity index (χ2n) is 4.82. The molecule has 0 saturated heterocycles. The molecule has 5 nitrogen and oxygen atoms in total. The van der Waals surface area contributed by atoms with Crippen molar-refractivity contribution in [2.24, 2.45) is 0 Å². The number of carbonyl (C=O) groups excluding carboxylic acids is 2. The molecule has 0 radical (unpaired) electrons. The van der Waals surface area contributed by atoms with Crippen LogP contribution in [0.4, 0.5) is 0 Å². The van der Waals surface area contributed by atoms with Crippen LogP contribution in [0.25, 0.3) is 0 Å². The van der Waals surface area contributed by atoms with Crippen molar-refractivity contribution < 1.29 is 14.5 Å². The number of ketones is 1. The number of carbonyl (C=O) groups is 2. The van der Waals surface area contributed by atoms with Crippen LogP contribution < -0.4 is 0 Å². The van der Waals surface area contributed by atoms with Crippen LogP contribution >= 0.6 is 0 Å². The third-order valence-corrected chi connectivity index (χ3v) is 3.26. The Morgan fingerprint density at radius 1 is 1.28 bits per heavy atom. The van der Waals surface area contributed by atoms with E-state index < -0.39 is 10.5 Å². The third-order valence-electron chi connectivity index (χ3n) is 3.26. The van der Waals surface area contributed by atoms with Gasteiger partial charge in [0.25, 0.3) is 5.54 Å². The molecular weight excluding hydrogens is 234 g/mol. The zero-order valence-electron chi connectivity index (χ0n) is 11.3. The number of hydrogen-bond donors (Lipinski definition) is 0. The Balaban J connectivity index is 4.22. The summed E-state index contributed by atoms with van der Waals surface area (Å²) in [5.74, 6) is -0.356. The van der Waals surface area contributed by atoms with E-state index in [1.165, 1.54) is 6.92 Å². The van der Waals surface area contributed by atoms with Crippen molar-refractivity contribution in [1.29, 1.82) is 0 Å².